The van der Waals surface area contributed by atoms with Crippen molar-refractivity contribution in [3.05, 3.63) is 53.6 Å². The van der Waals surface area contributed by atoms with E-state index in [9.17, 15) is 4.79 Å². The molecule has 21 heavy (non-hydrogen) atoms. The fourth-order valence-corrected chi connectivity index (χ4v) is 3.30. The fourth-order valence-electron chi connectivity index (χ4n) is 3.30. The number of anilines is 2. The predicted octanol–water partition coefficient (Wildman–Crippen LogP) is 2.75. The summed E-state index contributed by atoms with van der Waals surface area (Å²) in [6.45, 7) is 0.856. The van der Waals surface area contributed by atoms with Crippen molar-refractivity contribution in [2.24, 2.45) is 0 Å². The van der Waals surface area contributed by atoms with E-state index in [0.29, 0.717) is 0 Å². The van der Waals surface area contributed by atoms with E-state index in [1.54, 1.807) is 7.11 Å². The molecule has 4 heteroatoms. The highest BCUT2D eigenvalue weighted by Gasteiger charge is 2.37. The van der Waals surface area contributed by atoms with E-state index < -0.39 is 0 Å². The van der Waals surface area contributed by atoms with Gasteiger partial charge in [0.2, 0.25) is 0 Å². The lowest BCUT2D eigenvalue weighted by molar-refractivity contribution is -0.117. The standard InChI is InChI=1S/C17H16N2O2/c1-21-12-6-7-15-14(10-12)18-17(20)16-13-5-3-2-4-11(13)8-9-19(15)16/h2-7,10,16H,8-9H2,1H3,(H,18,20). The van der Waals surface area contributed by atoms with Gasteiger partial charge in [-0.15, -0.1) is 0 Å². The number of carbonyl (C=O) groups is 1. The van der Waals surface area contributed by atoms with Gasteiger partial charge in [-0.3, -0.25) is 4.79 Å². The molecule has 0 saturated carbocycles. The van der Waals surface area contributed by atoms with Crippen molar-refractivity contribution in [1.82, 2.24) is 0 Å². The Hall–Kier alpha value is -2.49. The first-order chi connectivity index (χ1) is 10.3. The lowest BCUT2D eigenvalue weighted by atomic mass is 9.90. The Balaban J connectivity index is 1.84. The molecule has 0 saturated heterocycles. The summed E-state index contributed by atoms with van der Waals surface area (Å²) in [6.07, 6.45) is 0.964. The van der Waals surface area contributed by atoms with E-state index in [0.717, 1.165) is 35.7 Å². The van der Waals surface area contributed by atoms with Crippen LogP contribution in [0.15, 0.2) is 42.5 Å². The van der Waals surface area contributed by atoms with Gasteiger partial charge in [0.05, 0.1) is 18.5 Å². The smallest absolute Gasteiger partial charge is 0.251 e. The van der Waals surface area contributed by atoms with E-state index >= 15 is 0 Å². The van der Waals surface area contributed by atoms with Gasteiger partial charge < -0.3 is 15.0 Å². The number of carbonyl (C=O) groups excluding carboxylic acids is 1. The number of rotatable bonds is 1. The number of benzene rings is 2. The summed E-state index contributed by atoms with van der Waals surface area (Å²) >= 11 is 0. The summed E-state index contributed by atoms with van der Waals surface area (Å²) in [7, 11) is 1.63. The minimum atomic E-state index is -0.226. The molecular formula is C17H16N2O2. The molecule has 2 aliphatic heterocycles. The summed E-state index contributed by atoms with van der Waals surface area (Å²) in [5.74, 6) is 0.785. The molecular weight excluding hydrogens is 264 g/mol. The predicted molar refractivity (Wildman–Crippen MR) is 81.9 cm³/mol. The van der Waals surface area contributed by atoms with Gasteiger partial charge >= 0.3 is 0 Å². The number of fused-ring (bicyclic) bond motifs is 5. The van der Waals surface area contributed by atoms with Gasteiger partial charge in [-0.1, -0.05) is 24.3 Å². The monoisotopic (exact) mass is 280 g/mol. The van der Waals surface area contributed by atoms with Crippen LogP contribution in [0, 0.1) is 0 Å². The fraction of sp³-hybridized carbons (Fsp3) is 0.235. The summed E-state index contributed by atoms with van der Waals surface area (Å²) in [4.78, 5) is 14.8. The number of amides is 1. The molecule has 4 nitrogen and oxygen atoms in total. The molecule has 0 bridgehead atoms. The Morgan fingerprint density at radius 2 is 2.10 bits per heavy atom. The number of methoxy groups -OCH3 is 1. The second-order valence-electron chi connectivity index (χ2n) is 5.42. The Morgan fingerprint density at radius 3 is 2.95 bits per heavy atom. The van der Waals surface area contributed by atoms with Gasteiger partial charge in [0.25, 0.3) is 5.91 Å². The Morgan fingerprint density at radius 1 is 1.24 bits per heavy atom. The minimum absolute atomic E-state index is 0.0305. The maximum Gasteiger partial charge on any atom is 0.251 e. The normalized spacial score (nSPS) is 19.2. The van der Waals surface area contributed by atoms with Gasteiger partial charge in [-0.05, 0) is 29.7 Å². The molecule has 1 N–H and O–H groups in total. The summed E-state index contributed by atoms with van der Waals surface area (Å²) in [6, 6.07) is 13.8. The van der Waals surface area contributed by atoms with E-state index in [2.05, 4.69) is 22.3 Å². The number of hydrogen-bond donors (Lipinski definition) is 1. The van der Waals surface area contributed by atoms with Crippen molar-refractivity contribution >= 4 is 17.3 Å². The average molecular weight is 280 g/mol. The van der Waals surface area contributed by atoms with Crippen LogP contribution in [0.4, 0.5) is 11.4 Å². The summed E-state index contributed by atoms with van der Waals surface area (Å²) in [5.41, 5.74) is 4.28. The second-order valence-corrected chi connectivity index (χ2v) is 5.42. The van der Waals surface area contributed by atoms with Crippen molar-refractivity contribution in [3.63, 3.8) is 0 Å². The Kier molecular flexibility index (Phi) is 2.64. The van der Waals surface area contributed by atoms with E-state index in [4.69, 9.17) is 4.74 Å². The topological polar surface area (TPSA) is 41.6 Å². The maximum absolute atomic E-state index is 12.6. The molecule has 1 unspecified atom stereocenters. The van der Waals surface area contributed by atoms with Crippen LogP contribution in [0.25, 0.3) is 0 Å². The molecule has 0 aromatic heterocycles. The molecule has 0 fully saturated rings. The van der Waals surface area contributed by atoms with E-state index in [1.807, 2.05) is 30.3 Å². The van der Waals surface area contributed by atoms with Crippen molar-refractivity contribution in [2.45, 2.75) is 12.5 Å². The van der Waals surface area contributed by atoms with Crippen LogP contribution in [0.3, 0.4) is 0 Å². The van der Waals surface area contributed by atoms with Gasteiger partial charge in [0.15, 0.2) is 0 Å². The summed E-state index contributed by atoms with van der Waals surface area (Å²) < 4.78 is 5.24. The first kappa shape index (κ1) is 12.3. The molecule has 2 aromatic carbocycles. The quantitative estimate of drug-likeness (QED) is 0.873. The van der Waals surface area contributed by atoms with Crippen molar-refractivity contribution in [1.29, 1.82) is 0 Å². The zero-order chi connectivity index (χ0) is 14.4. The number of nitrogens with zero attached hydrogens (tertiary/aromatic N) is 1. The Bertz CT molecular complexity index is 726. The van der Waals surface area contributed by atoms with Gasteiger partial charge in [-0.25, -0.2) is 0 Å². The molecule has 0 spiro atoms. The lowest BCUT2D eigenvalue weighted by Crippen LogP contribution is -2.45. The average Bonchev–Trinajstić information content (AvgIpc) is 2.53. The second kappa shape index (κ2) is 4.52. The van der Waals surface area contributed by atoms with Crippen LogP contribution in [-0.2, 0) is 11.2 Å². The third kappa shape index (κ3) is 1.79. The van der Waals surface area contributed by atoms with E-state index in [1.165, 1.54) is 5.56 Å². The van der Waals surface area contributed by atoms with Crippen molar-refractivity contribution in [3.8, 4) is 5.75 Å². The molecule has 1 amide bonds. The van der Waals surface area contributed by atoms with Crippen LogP contribution in [0.5, 0.6) is 5.75 Å². The first-order valence-corrected chi connectivity index (χ1v) is 7.11. The summed E-state index contributed by atoms with van der Waals surface area (Å²) in [5, 5.41) is 3.01. The van der Waals surface area contributed by atoms with Crippen LogP contribution in [0.2, 0.25) is 0 Å². The molecule has 106 valence electrons. The van der Waals surface area contributed by atoms with Crippen LogP contribution < -0.4 is 15.0 Å². The highest BCUT2D eigenvalue weighted by molar-refractivity contribution is 6.04. The zero-order valence-electron chi connectivity index (χ0n) is 11.8. The van der Waals surface area contributed by atoms with Crippen LogP contribution >= 0.6 is 0 Å². The lowest BCUT2D eigenvalue weighted by Gasteiger charge is -2.42. The van der Waals surface area contributed by atoms with Gasteiger partial charge in [0, 0.05) is 12.6 Å². The Labute approximate surface area is 123 Å². The molecule has 2 aliphatic rings. The first-order valence-electron chi connectivity index (χ1n) is 7.11. The van der Waals surface area contributed by atoms with Crippen molar-refractivity contribution < 1.29 is 9.53 Å². The minimum Gasteiger partial charge on any atom is -0.497 e. The molecule has 0 aliphatic carbocycles. The van der Waals surface area contributed by atoms with Crippen LogP contribution in [0.1, 0.15) is 17.2 Å². The van der Waals surface area contributed by atoms with Crippen LogP contribution in [-0.4, -0.2) is 19.6 Å². The molecule has 2 heterocycles. The SMILES string of the molecule is COc1ccc2c(c1)NC(=O)C1c3ccccc3CCN21. The molecule has 4 rings (SSSR count). The maximum atomic E-state index is 12.6. The highest BCUT2D eigenvalue weighted by Crippen LogP contribution is 2.42. The van der Waals surface area contributed by atoms with Crippen molar-refractivity contribution in [2.75, 3.05) is 23.9 Å². The molecule has 2 aromatic rings. The largest absolute Gasteiger partial charge is 0.497 e. The van der Waals surface area contributed by atoms with Gasteiger partial charge in [-0.2, -0.15) is 0 Å². The third-order valence-electron chi connectivity index (χ3n) is 4.30. The molecule has 0 radical (unpaired) electrons. The number of ether oxygens (including phenoxy) is 1. The van der Waals surface area contributed by atoms with E-state index in [-0.39, 0.29) is 11.9 Å². The number of nitrogens with one attached hydrogen (secondary N) is 1. The zero-order valence-corrected chi connectivity index (χ0v) is 11.8. The van der Waals surface area contributed by atoms with Gasteiger partial charge in [0.1, 0.15) is 11.8 Å². The third-order valence-corrected chi connectivity index (χ3v) is 4.30. The highest BCUT2D eigenvalue weighted by atomic mass is 16.5. The molecule has 1 atom stereocenters. The number of hydrogen-bond acceptors (Lipinski definition) is 3.